The van der Waals surface area contributed by atoms with Crippen molar-refractivity contribution in [1.29, 1.82) is 0 Å². The zero-order valence-electron chi connectivity index (χ0n) is 4.70. The Morgan fingerprint density at radius 1 is 1.62 bits per heavy atom. The third-order valence-corrected chi connectivity index (χ3v) is 0.776. The molecule has 1 aromatic heterocycles. The number of rotatable bonds is 2. The van der Waals surface area contributed by atoms with Crippen molar-refractivity contribution in [1.82, 2.24) is 20.2 Å². The van der Waals surface area contributed by atoms with E-state index in [-0.39, 0.29) is 0 Å². The van der Waals surface area contributed by atoms with Gasteiger partial charge in [-0.3, -0.25) is 0 Å². The molecule has 1 rings (SSSR count). The van der Waals surface area contributed by atoms with Crippen molar-refractivity contribution in [3.63, 3.8) is 0 Å². The second-order valence-corrected chi connectivity index (χ2v) is 1.49. The molecular weight excluding hydrogens is 104 g/mol. The Bertz CT molecular complexity index is 134. The van der Waals surface area contributed by atoms with Crippen LogP contribution in [-0.4, -0.2) is 20.2 Å². The first-order chi connectivity index (χ1) is 3.93. The Morgan fingerprint density at radius 2 is 2.50 bits per heavy atom. The molecule has 8 heavy (non-hydrogen) atoms. The van der Waals surface area contributed by atoms with Crippen LogP contribution in [0.1, 0.15) is 13.3 Å². The lowest BCUT2D eigenvalue weighted by molar-refractivity contribution is 0.514. The molecule has 4 nitrogen and oxygen atoms in total. The largest absolute Gasteiger partial charge is 0.245 e. The van der Waals surface area contributed by atoms with E-state index in [1.165, 1.54) is 4.80 Å². The minimum Gasteiger partial charge on any atom is -0.164 e. The topological polar surface area (TPSA) is 43.6 Å². The molecule has 0 aliphatic heterocycles. The molecule has 4 heteroatoms. The Balaban J connectivity index is 2.50. The van der Waals surface area contributed by atoms with Crippen LogP contribution in [0.15, 0.2) is 0 Å². The molecule has 0 bridgehead atoms. The standard InChI is InChI=1S/C4H7N4/c1-2-3-8-6-4-5-7-8/h2-3H2,1H3. The average Bonchev–Trinajstić information content (AvgIpc) is 2.19. The molecule has 0 spiro atoms. The van der Waals surface area contributed by atoms with E-state index in [9.17, 15) is 0 Å². The molecule has 0 atom stereocenters. The maximum Gasteiger partial charge on any atom is 0.245 e. The van der Waals surface area contributed by atoms with Gasteiger partial charge in [0.25, 0.3) is 0 Å². The van der Waals surface area contributed by atoms with E-state index < -0.39 is 0 Å². The average molecular weight is 111 g/mol. The van der Waals surface area contributed by atoms with Gasteiger partial charge in [0.15, 0.2) is 0 Å². The summed E-state index contributed by atoms with van der Waals surface area (Å²) < 4.78 is 0. The van der Waals surface area contributed by atoms with E-state index in [2.05, 4.69) is 28.7 Å². The first-order valence-electron chi connectivity index (χ1n) is 2.57. The van der Waals surface area contributed by atoms with Gasteiger partial charge in [0.1, 0.15) is 0 Å². The highest BCUT2D eigenvalue weighted by Crippen LogP contribution is 1.78. The van der Waals surface area contributed by atoms with Crippen LogP contribution in [0.4, 0.5) is 0 Å². The van der Waals surface area contributed by atoms with Crippen LogP contribution in [0, 0.1) is 6.33 Å². The van der Waals surface area contributed by atoms with Crippen LogP contribution in [0.2, 0.25) is 0 Å². The Hall–Kier alpha value is -0.930. The minimum absolute atomic E-state index is 0.830. The molecule has 0 unspecified atom stereocenters. The number of aromatic nitrogens is 4. The second-order valence-electron chi connectivity index (χ2n) is 1.49. The van der Waals surface area contributed by atoms with Crippen LogP contribution in [-0.2, 0) is 6.54 Å². The SMILES string of the molecule is CCCn1n[c]nn1. The number of nitrogens with zero attached hydrogens (tertiary/aromatic N) is 4. The van der Waals surface area contributed by atoms with Gasteiger partial charge in [-0.2, -0.15) is 4.80 Å². The molecule has 1 radical (unpaired) electrons. The summed E-state index contributed by atoms with van der Waals surface area (Å²) in [4.78, 5) is 1.51. The van der Waals surface area contributed by atoms with E-state index >= 15 is 0 Å². The molecule has 43 valence electrons. The summed E-state index contributed by atoms with van der Waals surface area (Å²) in [6.45, 7) is 2.89. The van der Waals surface area contributed by atoms with Gasteiger partial charge in [-0.25, -0.2) is 0 Å². The van der Waals surface area contributed by atoms with Crippen molar-refractivity contribution in [2.75, 3.05) is 0 Å². The minimum atomic E-state index is 0.830. The fraction of sp³-hybridized carbons (Fsp3) is 0.750. The fourth-order valence-corrected chi connectivity index (χ4v) is 0.458. The summed E-state index contributed by atoms with van der Waals surface area (Å²) in [5.74, 6) is 0. The van der Waals surface area contributed by atoms with Crippen LogP contribution in [0.5, 0.6) is 0 Å². The zero-order valence-corrected chi connectivity index (χ0v) is 4.70. The normalized spacial score (nSPS) is 9.62. The fourth-order valence-electron chi connectivity index (χ4n) is 0.458. The highest BCUT2D eigenvalue weighted by molar-refractivity contribution is 4.34. The first-order valence-corrected chi connectivity index (χ1v) is 2.57. The molecule has 1 heterocycles. The predicted molar refractivity (Wildman–Crippen MR) is 26.9 cm³/mol. The van der Waals surface area contributed by atoms with E-state index in [0.717, 1.165) is 13.0 Å². The Labute approximate surface area is 47.5 Å². The molecule has 0 aliphatic carbocycles. The van der Waals surface area contributed by atoms with E-state index in [0.29, 0.717) is 0 Å². The lowest BCUT2D eigenvalue weighted by Crippen LogP contribution is -2.00. The molecule has 0 aromatic carbocycles. The van der Waals surface area contributed by atoms with E-state index in [4.69, 9.17) is 0 Å². The summed E-state index contributed by atoms with van der Waals surface area (Å²) in [5, 5.41) is 10.7. The molecule has 0 saturated heterocycles. The summed E-state index contributed by atoms with van der Waals surface area (Å²) in [7, 11) is 0. The van der Waals surface area contributed by atoms with E-state index in [1.807, 2.05) is 0 Å². The van der Waals surface area contributed by atoms with Crippen molar-refractivity contribution in [3.05, 3.63) is 6.33 Å². The smallest absolute Gasteiger partial charge is 0.164 e. The van der Waals surface area contributed by atoms with Crippen LogP contribution >= 0.6 is 0 Å². The third kappa shape index (κ3) is 1.02. The lowest BCUT2D eigenvalue weighted by Gasteiger charge is -1.88. The van der Waals surface area contributed by atoms with Gasteiger partial charge in [-0.15, -0.1) is 10.2 Å². The number of hydrogen-bond donors (Lipinski definition) is 0. The maximum atomic E-state index is 3.68. The van der Waals surface area contributed by atoms with Gasteiger partial charge < -0.3 is 0 Å². The van der Waals surface area contributed by atoms with Crippen molar-refractivity contribution < 1.29 is 0 Å². The van der Waals surface area contributed by atoms with E-state index in [1.54, 1.807) is 0 Å². The van der Waals surface area contributed by atoms with Gasteiger partial charge in [0.2, 0.25) is 6.33 Å². The first kappa shape index (κ1) is 5.21. The summed E-state index contributed by atoms with van der Waals surface area (Å²) in [5.41, 5.74) is 0. The lowest BCUT2D eigenvalue weighted by atomic mass is 10.5. The molecule has 0 fully saturated rings. The number of aryl methyl sites for hydroxylation is 1. The Morgan fingerprint density at radius 3 is 3.00 bits per heavy atom. The summed E-state index contributed by atoms with van der Waals surface area (Å²) >= 11 is 0. The maximum absolute atomic E-state index is 3.68. The van der Waals surface area contributed by atoms with Gasteiger partial charge >= 0.3 is 0 Å². The van der Waals surface area contributed by atoms with Gasteiger partial charge in [0.05, 0.1) is 6.54 Å². The van der Waals surface area contributed by atoms with Crippen LogP contribution in [0.25, 0.3) is 0 Å². The van der Waals surface area contributed by atoms with Crippen LogP contribution < -0.4 is 0 Å². The molecule has 1 aromatic rings. The quantitative estimate of drug-likeness (QED) is 0.534. The molecule has 0 N–H and O–H groups in total. The van der Waals surface area contributed by atoms with Crippen molar-refractivity contribution in [2.24, 2.45) is 0 Å². The molecule has 0 saturated carbocycles. The number of tetrazole rings is 1. The van der Waals surface area contributed by atoms with Gasteiger partial charge in [-0.1, -0.05) is 6.92 Å². The molecule has 0 amide bonds. The van der Waals surface area contributed by atoms with Crippen molar-refractivity contribution in [3.8, 4) is 0 Å². The summed E-state index contributed by atoms with van der Waals surface area (Å²) in [6.07, 6.45) is 3.40. The van der Waals surface area contributed by atoms with Gasteiger partial charge in [0, 0.05) is 0 Å². The Kier molecular flexibility index (Phi) is 1.56. The highest BCUT2D eigenvalue weighted by atomic mass is 15.6. The second kappa shape index (κ2) is 2.40. The third-order valence-electron chi connectivity index (χ3n) is 0.776. The highest BCUT2D eigenvalue weighted by Gasteiger charge is 1.86. The van der Waals surface area contributed by atoms with Gasteiger partial charge in [-0.05, 0) is 11.6 Å². The summed E-state index contributed by atoms with van der Waals surface area (Å²) in [6, 6.07) is 0. The number of hydrogen-bond acceptors (Lipinski definition) is 3. The molecule has 0 aliphatic rings. The van der Waals surface area contributed by atoms with Crippen molar-refractivity contribution >= 4 is 0 Å². The van der Waals surface area contributed by atoms with Crippen LogP contribution in [0.3, 0.4) is 0 Å². The van der Waals surface area contributed by atoms with Crippen molar-refractivity contribution in [2.45, 2.75) is 19.9 Å². The predicted octanol–water partition coefficient (Wildman–Crippen LogP) is -0.117. The zero-order chi connectivity index (χ0) is 5.82. The monoisotopic (exact) mass is 111 g/mol. The molecular formula is C4H7N4.